The van der Waals surface area contributed by atoms with Crippen molar-refractivity contribution < 1.29 is 14.8 Å². The number of ether oxygens (including phenoxy) is 1. The number of carbonyl (C=O) groups excluding carboxylic acids is 1. The molecule has 0 fully saturated rings. The van der Waals surface area contributed by atoms with Crippen LogP contribution in [0.1, 0.15) is 16.8 Å². The van der Waals surface area contributed by atoms with Gasteiger partial charge in [-0.1, -0.05) is 12.1 Å². The number of anilines is 1. The number of nitrogens with one attached hydrogen (secondary N) is 2. The lowest BCUT2D eigenvalue weighted by Gasteiger charge is -2.29. The molecule has 2 aromatic carbocycles. The van der Waals surface area contributed by atoms with Crippen molar-refractivity contribution in [2.45, 2.75) is 12.0 Å². The van der Waals surface area contributed by atoms with E-state index in [0.717, 1.165) is 46.6 Å². The van der Waals surface area contributed by atoms with Gasteiger partial charge in [-0.15, -0.1) is 0 Å². The average molecular weight is 320 g/mol. The summed E-state index contributed by atoms with van der Waals surface area (Å²) in [6.07, 6.45) is 0.930. The van der Waals surface area contributed by atoms with Gasteiger partial charge >= 0.3 is 0 Å². The van der Waals surface area contributed by atoms with E-state index in [1.54, 1.807) is 7.11 Å². The van der Waals surface area contributed by atoms with Gasteiger partial charge in [-0.25, -0.2) is 0 Å². The Labute approximate surface area is 139 Å². The number of carbonyl (C=O) groups is 1. The van der Waals surface area contributed by atoms with Gasteiger partial charge < -0.3 is 20.4 Å². The average Bonchev–Trinajstić information content (AvgIpc) is 3.12. The molecule has 2 aliphatic heterocycles. The molecule has 24 heavy (non-hydrogen) atoms. The maximum absolute atomic E-state index is 13.0. The molecule has 3 heterocycles. The number of amides is 1. The van der Waals surface area contributed by atoms with Crippen LogP contribution in [0.3, 0.4) is 0 Å². The predicted molar refractivity (Wildman–Crippen MR) is 91.2 cm³/mol. The molecule has 3 aromatic rings. The molecule has 1 atom stereocenters. The Morgan fingerprint density at radius 1 is 1.21 bits per heavy atom. The Hall–Kier alpha value is -2.79. The largest absolute Gasteiger partial charge is 0.497 e. The molecule has 5 nitrogen and oxygen atoms in total. The highest BCUT2D eigenvalue weighted by Gasteiger charge is 2.55. The number of methoxy groups -OCH3 is 1. The number of aromatic amines is 1. The highest BCUT2D eigenvalue weighted by Crippen LogP contribution is 2.42. The minimum atomic E-state index is -0.712. The maximum Gasteiger partial charge on any atom is 0.297 e. The van der Waals surface area contributed by atoms with Gasteiger partial charge in [-0.3, -0.25) is 4.79 Å². The second kappa shape index (κ2) is 4.61. The Morgan fingerprint density at radius 3 is 2.96 bits per heavy atom. The van der Waals surface area contributed by atoms with Crippen LogP contribution in [0.15, 0.2) is 42.5 Å². The number of rotatable bonds is 1. The first-order chi connectivity index (χ1) is 11.7. The number of H-pyrrole nitrogens is 1. The molecule has 1 aromatic heterocycles. The number of para-hydroxylation sites is 1. The van der Waals surface area contributed by atoms with E-state index in [2.05, 4.69) is 21.7 Å². The van der Waals surface area contributed by atoms with Crippen molar-refractivity contribution in [3.8, 4) is 5.75 Å². The molecule has 0 radical (unpaired) electrons. The van der Waals surface area contributed by atoms with E-state index in [0.29, 0.717) is 0 Å². The number of benzene rings is 2. The molecule has 0 saturated heterocycles. The van der Waals surface area contributed by atoms with Gasteiger partial charge in [0.25, 0.3) is 5.91 Å². The van der Waals surface area contributed by atoms with Crippen LogP contribution in [0.4, 0.5) is 5.69 Å². The summed E-state index contributed by atoms with van der Waals surface area (Å²) in [7, 11) is 1.68. The number of fused-ring (bicyclic) bond motifs is 6. The fourth-order valence-electron chi connectivity index (χ4n) is 4.22. The summed E-state index contributed by atoms with van der Waals surface area (Å²) < 4.78 is 5.38. The Bertz CT molecular complexity index is 991. The van der Waals surface area contributed by atoms with Crippen molar-refractivity contribution >= 4 is 22.5 Å². The first-order valence-electron chi connectivity index (χ1n) is 8.18. The van der Waals surface area contributed by atoms with E-state index >= 15 is 0 Å². The zero-order valence-electron chi connectivity index (χ0n) is 13.3. The lowest BCUT2D eigenvalue weighted by molar-refractivity contribution is -0.713. The molecule has 5 rings (SSSR count). The summed E-state index contributed by atoms with van der Waals surface area (Å²) in [6.45, 7) is 0.874. The molecule has 0 aliphatic carbocycles. The van der Waals surface area contributed by atoms with Crippen molar-refractivity contribution in [2.75, 3.05) is 19.0 Å². The molecule has 0 saturated carbocycles. The normalized spacial score (nSPS) is 21.6. The van der Waals surface area contributed by atoms with Crippen LogP contribution in [-0.2, 0) is 16.8 Å². The molecule has 2 aliphatic rings. The van der Waals surface area contributed by atoms with E-state index in [4.69, 9.17) is 4.74 Å². The number of aromatic nitrogens is 1. The van der Waals surface area contributed by atoms with Crippen molar-refractivity contribution in [3.63, 3.8) is 0 Å². The standard InChI is InChI=1S/C19H17N3O2/c1-24-11-6-7-15-13(10-11)12-8-9-20-19(17(12)21-15)14-4-2-3-5-16(14)22-18(19)23/h2-7,10,20-21H,8-9H2,1H3,(H,22,23)/p+1/t19-/m0/s1. The Kier molecular flexibility index (Phi) is 2.62. The first-order valence-corrected chi connectivity index (χ1v) is 8.18. The van der Waals surface area contributed by atoms with Crippen LogP contribution in [-0.4, -0.2) is 24.5 Å². The van der Waals surface area contributed by atoms with Crippen LogP contribution in [0.2, 0.25) is 0 Å². The fourth-order valence-corrected chi connectivity index (χ4v) is 4.22. The monoisotopic (exact) mass is 320 g/mol. The topological polar surface area (TPSA) is 70.7 Å². The molecule has 1 spiro atoms. The van der Waals surface area contributed by atoms with Gasteiger partial charge in [0, 0.05) is 17.3 Å². The summed E-state index contributed by atoms with van der Waals surface area (Å²) >= 11 is 0. The molecule has 120 valence electrons. The molecule has 5 heteroatoms. The minimum absolute atomic E-state index is 0.0307. The second-order valence-electron chi connectivity index (χ2n) is 6.44. The third kappa shape index (κ3) is 1.55. The predicted octanol–water partition coefficient (Wildman–Crippen LogP) is 1.49. The highest BCUT2D eigenvalue weighted by molar-refractivity contribution is 6.08. The molecule has 0 bridgehead atoms. The Morgan fingerprint density at radius 2 is 2.08 bits per heavy atom. The van der Waals surface area contributed by atoms with Crippen molar-refractivity contribution in [2.24, 2.45) is 0 Å². The third-order valence-corrected chi connectivity index (χ3v) is 5.31. The van der Waals surface area contributed by atoms with Crippen LogP contribution in [0.25, 0.3) is 10.9 Å². The van der Waals surface area contributed by atoms with Crippen LogP contribution >= 0.6 is 0 Å². The van der Waals surface area contributed by atoms with Gasteiger partial charge in [0.2, 0.25) is 5.54 Å². The second-order valence-corrected chi connectivity index (χ2v) is 6.44. The summed E-state index contributed by atoms with van der Waals surface area (Å²) in [5.41, 5.74) is 4.50. The number of hydrogen-bond acceptors (Lipinski definition) is 2. The van der Waals surface area contributed by atoms with E-state index < -0.39 is 5.54 Å². The Balaban J connectivity index is 1.83. The quantitative estimate of drug-likeness (QED) is 0.636. The van der Waals surface area contributed by atoms with Gasteiger partial charge in [0.05, 0.1) is 30.6 Å². The number of hydrogen-bond donors (Lipinski definition) is 3. The van der Waals surface area contributed by atoms with Crippen LogP contribution < -0.4 is 15.4 Å². The first kappa shape index (κ1) is 13.6. The zero-order valence-corrected chi connectivity index (χ0v) is 13.3. The smallest absolute Gasteiger partial charge is 0.297 e. The number of quaternary nitrogens is 1. The van der Waals surface area contributed by atoms with Crippen molar-refractivity contribution in [1.82, 2.24) is 4.98 Å². The van der Waals surface area contributed by atoms with Gasteiger partial charge in [0.1, 0.15) is 5.75 Å². The van der Waals surface area contributed by atoms with Gasteiger partial charge in [-0.05, 0) is 35.9 Å². The van der Waals surface area contributed by atoms with Gasteiger partial charge in [0.15, 0.2) is 0 Å². The lowest BCUT2D eigenvalue weighted by Crippen LogP contribution is -2.98. The van der Waals surface area contributed by atoms with E-state index in [1.165, 1.54) is 5.56 Å². The molecular formula is C19H18N3O2+. The number of nitrogens with two attached hydrogens (primary N) is 1. The summed E-state index contributed by atoms with van der Waals surface area (Å²) in [4.78, 5) is 16.5. The van der Waals surface area contributed by atoms with E-state index in [9.17, 15) is 4.79 Å². The summed E-state index contributed by atoms with van der Waals surface area (Å²) in [5, 5.41) is 6.35. The van der Waals surface area contributed by atoms with E-state index in [-0.39, 0.29) is 5.91 Å². The van der Waals surface area contributed by atoms with E-state index in [1.807, 2.05) is 36.4 Å². The SMILES string of the molecule is COc1ccc2[nH]c3c(c2c1)CC[NH2+][C@]31C(=O)Nc2ccccc21. The molecule has 4 N–H and O–H groups in total. The minimum Gasteiger partial charge on any atom is -0.497 e. The maximum atomic E-state index is 13.0. The molecular weight excluding hydrogens is 302 g/mol. The highest BCUT2D eigenvalue weighted by atomic mass is 16.5. The van der Waals surface area contributed by atoms with Gasteiger partial charge in [-0.2, -0.15) is 0 Å². The summed E-state index contributed by atoms with van der Waals surface area (Å²) in [6, 6.07) is 14.0. The summed E-state index contributed by atoms with van der Waals surface area (Å²) in [5.74, 6) is 0.868. The van der Waals surface area contributed by atoms with Crippen LogP contribution in [0.5, 0.6) is 5.75 Å². The van der Waals surface area contributed by atoms with Crippen molar-refractivity contribution in [3.05, 3.63) is 59.3 Å². The van der Waals surface area contributed by atoms with Crippen molar-refractivity contribution in [1.29, 1.82) is 0 Å². The van der Waals surface area contributed by atoms with Crippen LogP contribution in [0, 0.1) is 0 Å². The molecule has 1 amide bonds. The fraction of sp³-hybridized carbons (Fsp3) is 0.211. The third-order valence-electron chi connectivity index (χ3n) is 5.31. The molecule has 0 unspecified atom stereocenters. The zero-order chi connectivity index (χ0) is 16.3. The lowest BCUT2D eigenvalue weighted by atomic mass is 9.82.